The van der Waals surface area contributed by atoms with Crippen molar-refractivity contribution in [2.45, 2.75) is 52.0 Å². The van der Waals surface area contributed by atoms with Gasteiger partial charge >= 0.3 is 0 Å². The van der Waals surface area contributed by atoms with Gasteiger partial charge in [-0.2, -0.15) is 0 Å². The van der Waals surface area contributed by atoms with Crippen LogP contribution in [0.5, 0.6) is 0 Å². The van der Waals surface area contributed by atoms with Gasteiger partial charge in [-0.05, 0) is 43.5 Å². The van der Waals surface area contributed by atoms with Crippen molar-refractivity contribution in [3.63, 3.8) is 0 Å². The van der Waals surface area contributed by atoms with Crippen molar-refractivity contribution in [3.8, 4) is 11.3 Å². The molecule has 1 aromatic heterocycles. The first-order valence-corrected chi connectivity index (χ1v) is 12.8. The zero-order valence-corrected chi connectivity index (χ0v) is 20.8. The molecule has 35 heavy (non-hydrogen) atoms. The predicted molar refractivity (Wildman–Crippen MR) is 139 cm³/mol. The lowest BCUT2D eigenvalue weighted by Gasteiger charge is -2.20. The third-order valence-electron chi connectivity index (χ3n) is 6.22. The van der Waals surface area contributed by atoms with E-state index in [4.69, 9.17) is 0 Å². The lowest BCUT2D eigenvalue weighted by molar-refractivity contribution is -0.121. The molecule has 8 heteroatoms. The summed E-state index contributed by atoms with van der Waals surface area (Å²) in [7, 11) is 0. The smallest absolute Gasteiger partial charge is 0.257 e. The van der Waals surface area contributed by atoms with Crippen LogP contribution < -0.4 is 16.0 Å². The molecule has 0 spiro atoms. The molecular weight excluding hydrogens is 460 g/mol. The summed E-state index contributed by atoms with van der Waals surface area (Å²) in [5, 5.41) is 11.1. The molecule has 1 saturated carbocycles. The molecule has 0 aliphatic heterocycles. The van der Waals surface area contributed by atoms with E-state index in [9.17, 15) is 14.4 Å². The Kier molecular flexibility index (Phi) is 7.92. The summed E-state index contributed by atoms with van der Waals surface area (Å²) in [5.41, 5.74) is 3.77. The molecule has 3 aromatic rings. The minimum absolute atomic E-state index is 0.0318. The highest BCUT2D eigenvalue weighted by Crippen LogP contribution is 2.27. The number of nitrogens with one attached hydrogen (secondary N) is 3. The van der Waals surface area contributed by atoms with Gasteiger partial charge in [0.1, 0.15) is 0 Å². The zero-order chi connectivity index (χ0) is 24.8. The third kappa shape index (κ3) is 6.54. The third-order valence-corrected chi connectivity index (χ3v) is 6.98. The van der Waals surface area contributed by atoms with Crippen molar-refractivity contribution in [1.82, 2.24) is 10.3 Å². The van der Waals surface area contributed by atoms with Crippen LogP contribution in [0.1, 0.15) is 67.9 Å². The van der Waals surface area contributed by atoms with Crippen LogP contribution in [0, 0.1) is 5.92 Å². The van der Waals surface area contributed by atoms with E-state index in [1.165, 1.54) is 24.7 Å². The lowest BCUT2D eigenvalue weighted by Crippen LogP contribution is -2.24. The van der Waals surface area contributed by atoms with Gasteiger partial charge in [-0.3, -0.25) is 19.7 Å². The van der Waals surface area contributed by atoms with Gasteiger partial charge in [0.25, 0.3) is 5.91 Å². The molecule has 1 fully saturated rings. The van der Waals surface area contributed by atoms with Gasteiger partial charge in [-0.15, -0.1) is 11.3 Å². The van der Waals surface area contributed by atoms with E-state index < -0.39 is 0 Å². The van der Waals surface area contributed by atoms with Crippen molar-refractivity contribution in [3.05, 3.63) is 65.0 Å². The standard InChI is InChI=1S/C27H30N4O3S/c1-17(28-18(2)32)19-11-13-20(14-12-19)24-16-35-27(30-24)31-26(34)22-9-6-10-23(15-22)29-25(33)21-7-4-3-5-8-21/h6,9-17,21H,3-5,7-8H2,1-2H3,(H,28,32)(H,29,33)(H,30,31,34). The Morgan fingerprint density at radius 2 is 1.74 bits per heavy atom. The summed E-state index contributed by atoms with van der Waals surface area (Å²) >= 11 is 1.35. The van der Waals surface area contributed by atoms with Gasteiger partial charge in [0.15, 0.2) is 5.13 Å². The Bertz CT molecular complexity index is 1200. The average molecular weight is 491 g/mol. The van der Waals surface area contributed by atoms with Crippen LogP contribution in [0.25, 0.3) is 11.3 Å². The number of amides is 3. The van der Waals surface area contributed by atoms with Crippen LogP contribution in [-0.4, -0.2) is 22.7 Å². The second-order valence-electron chi connectivity index (χ2n) is 8.94. The number of hydrogen-bond donors (Lipinski definition) is 3. The zero-order valence-electron chi connectivity index (χ0n) is 20.0. The summed E-state index contributed by atoms with van der Waals surface area (Å²) < 4.78 is 0. The summed E-state index contributed by atoms with van der Waals surface area (Å²) in [6.45, 7) is 3.43. The van der Waals surface area contributed by atoms with Gasteiger partial charge in [0.05, 0.1) is 11.7 Å². The molecule has 1 aliphatic rings. The molecule has 182 valence electrons. The van der Waals surface area contributed by atoms with Crippen molar-refractivity contribution >= 4 is 39.9 Å². The van der Waals surface area contributed by atoms with Gasteiger partial charge in [-0.25, -0.2) is 4.98 Å². The molecule has 0 radical (unpaired) electrons. The van der Waals surface area contributed by atoms with E-state index in [2.05, 4.69) is 20.9 Å². The van der Waals surface area contributed by atoms with E-state index in [0.717, 1.165) is 42.5 Å². The first-order chi connectivity index (χ1) is 16.9. The molecule has 2 aromatic carbocycles. The fraction of sp³-hybridized carbons (Fsp3) is 0.333. The number of carbonyl (C=O) groups excluding carboxylic acids is 3. The Morgan fingerprint density at radius 3 is 2.46 bits per heavy atom. The molecule has 1 unspecified atom stereocenters. The van der Waals surface area contributed by atoms with Crippen LogP contribution in [0.2, 0.25) is 0 Å². The lowest BCUT2D eigenvalue weighted by atomic mass is 9.88. The summed E-state index contributed by atoms with van der Waals surface area (Å²) in [6, 6.07) is 14.7. The van der Waals surface area contributed by atoms with E-state index >= 15 is 0 Å². The maximum Gasteiger partial charge on any atom is 0.257 e. The Hall–Kier alpha value is -3.52. The minimum atomic E-state index is -0.279. The molecule has 0 saturated heterocycles. The molecule has 1 aliphatic carbocycles. The molecule has 7 nitrogen and oxygen atoms in total. The van der Waals surface area contributed by atoms with Crippen LogP contribution >= 0.6 is 11.3 Å². The van der Waals surface area contributed by atoms with Gasteiger partial charge in [-0.1, -0.05) is 49.6 Å². The maximum absolute atomic E-state index is 12.8. The maximum atomic E-state index is 12.8. The van der Waals surface area contributed by atoms with Gasteiger partial charge in [0.2, 0.25) is 11.8 Å². The molecule has 3 N–H and O–H groups in total. The molecule has 3 amide bonds. The molecule has 1 heterocycles. The number of hydrogen-bond acceptors (Lipinski definition) is 5. The number of benzene rings is 2. The van der Waals surface area contributed by atoms with Gasteiger partial charge in [0, 0.05) is 35.0 Å². The fourth-order valence-electron chi connectivity index (χ4n) is 4.31. The van der Waals surface area contributed by atoms with Crippen LogP contribution in [0.15, 0.2) is 53.9 Å². The number of thiazole rings is 1. The Balaban J connectivity index is 1.38. The Labute approximate surface area is 209 Å². The highest BCUT2D eigenvalue weighted by Gasteiger charge is 2.21. The van der Waals surface area contributed by atoms with Crippen molar-refractivity contribution in [2.24, 2.45) is 5.92 Å². The molecule has 4 rings (SSSR count). The number of nitrogens with zero attached hydrogens (tertiary/aromatic N) is 1. The Morgan fingerprint density at radius 1 is 1.00 bits per heavy atom. The number of aromatic nitrogens is 1. The van der Waals surface area contributed by atoms with E-state index in [1.54, 1.807) is 24.3 Å². The normalized spacial score (nSPS) is 14.7. The van der Waals surface area contributed by atoms with Crippen LogP contribution in [0.4, 0.5) is 10.8 Å². The van der Waals surface area contributed by atoms with Crippen molar-refractivity contribution in [2.75, 3.05) is 10.6 Å². The highest BCUT2D eigenvalue weighted by molar-refractivity contribution is 7.14. The number of anilines is 2. The largest absolute Gasteiger partial charge is 0.350 e. The monoisotopic (exact) mass is 490 g/mol. The first kappa shape index (κ1) is 24.6. The summed E-state index contributed by atoms with van der Waals surface area (Å²) in [6.07, 6.45) is 5.24. The first-order valence-electron chi connectivity index (χ1n) is 11.9. The highest BCUT2D eigenvalue weighted by atomic mass is 32.1. The quantitative estimate of drug-likeness (QED) is 0.391. The number of carbonyl (C=O) groups is 3. The molecule has 1 atom stereocenters. The molecule has 0 bridgehead atoms. The molecular formula is C27H30N4O3S. The summed E-state index contributed by atoms with van der Waals surface area (Å²) in [5.74, 6) is -0.264. The van der Waals surface area contributed by atoms with E-state index in [1.807, 2.05) is 36.6 Å². The van der Waals surface area contributed by atoms with E-state index in [0.29, 0.717) is 16.4 Å². The van der Waals surface area contributed by atoms with Crippen LogP contribution in [-0.2, 0) is 9.59 Å². The van der Waals surface area contributed by atoms with Crippen molar-refractivity contribution < 1.29 is 14.4 Å². The second kappa shape index (κ2) is 11.3. The number of rotatable bonds is 7. The van der Waals surface area contributed by atoms with E-state index in [-0.39, 0.29) is 29.7 Å². The van der Waals surface area contributed by atoms with Crippen molar-refractivity contribution in [1.29, 1.82) is 0 Å². The fourth-order valence-corrected chi connectivity index (χ4v) is 5.03. The SMILES string of the molecule is CC(=O)NC(C)c1ccc(-c2csc(NC(=O)c3cccc(NC(=O)C4CCCCC4)c3)n2)cc1. The summed E-state index contributed by atoms with van der Waals surface area (Å²) in [4.78, 5) is 41.2. The predicted octanol–water partition coefficient (Wildman–Crippen LogP) is 5.78. The topological polar surface area (TPSA) is 100 Å². The minimum Gasteiger partial charge on any atom is -0.350 e. The van der Waals surface area contributed by atoms with Gasteiger partial charge < -0.3 is 10.6 Å². The second-order valence-corrected chi connectivity index (χ2v) is 9.80. The van der Waals surface area contributed by atoms with Crippen LogP contribution in [0.3, 0.4) is 0 Å². The average Bonchev–Trinajstić information content (AvgIpc) is 3.33.